The molecule has 0 aliphatic carbocycles. The average molecular weight is 449 g/mol. The van der Waals surface area contributed by atoms with E-state index >= 15 is 0 Å². The molecule has 30 heavy (non-hydrogen) atoms. The molecule has 3 heterocycles. The van der Waals surface area contributed by atoms with Crippen molar-refractivity contribution in [2.75, 3.05) is 11.5 Å². The van der Waals surface area contributed by atoms with Crippen LogP contribution in [0.1, 0.15) is 17.7 Å². The first kappa shape index (κ1) is 20.6. The lowest BCUT2D eigenvalue weighted by Crippen LogP contribution is -2.39. The zero-order valence-electron chi connectivity index (χ0n) is 16.6. The number of amides is 1. The number of nitrogens with zero attached hydrogens (tertiary/aromatic N) is 3. The normalized spacial score (nSPS) is 18.0. The number of nitrogens with one attached hydrogen (secondary N) is 1. The highest BCUT2D eigenvalue weighted by molar-refractivity contribution is 7.91. The maximum Gasteiger partial charge on any atom is 0.263 e. The summed E-state index contributed by atoms with van der Waals surface area (Å²) in [4.78, 5) is 29.9. The van der Waals surface area contributed by atoms with Crippen LogP contribution in [0, 0.1) is 13.8 Å². The van der Waals surface area contributed by atoms with Crippen LogP contribution in [0.2, 0.25) is 5.02 Å². The average Bonchev–Trinajstić information content (AvgIpc) is 3.15. The van der Waals surface area contributed by atoms with E-state index in [2.05, 4.69) is 10.3 Å². The van der Waals surface area contributed by atoms with Gasteiger partial charge in [0.2, 0.25) is 5.91 Å². The van der Waals surface area contributed by atoms with Gasteiger partial charge in [-0.2, -0.15) is 0 Å². The van der Waals surface area contributed by atoms with E-state index in [0.29, 0.717) is 22.5 Å². The van der Waals surface area contributed by atoms with Crippen molar-refractivity contribution in [3.05, 3.63) is 57.2 Å². The van der Waals surface area contributed by atoms with E-state index in [1.54, 1.807) is 12.1 Å². The van der Waals surface area contributed by atoms with Crippen molar-refractivity contribution in [1.29, 1.82) is 0 Å². The fourth-order valence-corrected chi connectivity index (χ4v) is 5.64. The van der Waals surface area contributed by atoms with Crippen LogP contribution in [0.15, 0.2) is 35.4 Å². The van der Waals surface area contributed by atoms with Crippen molar-refractivity contribution in [1.82, 2.24) is 19.4 Å². The fourth-order valence-electron chi connectivity index (χ4n) is 3.84. The van der Waals surface area contributed by atoms with Gasteiger partial charge in [-0.05, 0) is 50.1 Å². The molecule has 1 amide bonds. The van der Waals surface area contributed by atoms with E-state index in [9.17, 15) is 18.0 Å². The molecule has 4 rings (SSSR count). The van der Waals surface area contributed by atoms with Crippen molar-refractivity contribution < 1.29 is 13.2 Å². The van der Waals surface area contributed by atoms with Gasteiger partial charge in [-0.1, -0.05) is 11.6 Å². The lowest BCUT2D eigenvalue weighted by molar-refractivity contribution is -0.122. The molecule has 0 saturated carbocycles. The number of hydrogen-bond donors (Lipinski definition) is 1. The van der Waals surface area contributed by atoms with Crippen LogP contribution in [0.5, 0.6) is 0 Å². The Labute approximate surface area is 178 Å². The summed E-state index contributed by atoms with van der Waals surface area (Å²) in [7, 11) is -3.09. The highest BCUT2D eigenvalue weighted by atomic mass is 35.5. The topological polar surface area (TPSA) is 103 Å². The van der Waals surface area contributed by atoms with Crippen LogP contribution >= 0.6 is 11.6 Å². The summed E-state index contributed by atoms with van der Waals surface area (Å²) in [5.74, 6) is -0.401. The minimum absolute atomic E-state index is 0.0623. The van der Waals surface area contributed by atoms with Gasteiger partial charge in [0, 0.05) is 22.4 Å². The fraction of sp³-hybridized carbons (Fsp3) is 0.350. The van der Waals surface area contributed by atoms with E-state index in [-0.39, 0.29) is 23.6 Å². The molecule has 158 valence electrons. The van der Waals surface area contributed by atoms with Gasteiger partial charge in [0.25, 0.3) is 5.56 Å². The molecule has 1 unspecified atom stereocenters. The van der Waals surface area contributed by atoms with Gasteiger partial charge >= 0.3 is 0 Å². The zero-order chi connectivity index (χ0) is 21.6. The summed E-state index contributed by atoms with van der Waals surface area (Å²) in [6.07, 6.45) is 1.74. The molecule has 0 bridgehead atoms. The number of fused-ring (bicyclic) bond motifs is 1. The first-order chi connectivity index (χ1) is 14.2. The first-order valence-electron chi connectivity index (χ1n) is 9.49. The summed E-state index contributed by atoms with van der Waals surface area (Å²) < 4.78 is 26.3. The van der Waals surface area contributed by atoms with Gasteiger partial charge in [-0.15, -0.1) is 0 Å². The van der Waals surface area contributed by atoms with Crippen LogP contribution in [-0.2, 0) is 21.2 Å². The molecule has 1 aliphatic rings. The van der Waals surface area contributed by atoms with Crippen LogP contribution in [0.25, 0.3) is 16.7 Å². The minimum atomic E-state index is -3.09. The predicted molar refractivity (Wildman–Crippen MR) is 115 cm³/mol. The maximum atomic E-state index is 13.1. The second-order valence-electron chi connectivity index (χ2n) is 7.57. The van der Waals surface area contributed by atoms with Gasteiger partial charge in [0.05, 0.1) is 16.9 Å². The zero-order valence-corrected chi connectivity index (χ0v) is 18.1. The molecule has 8 nitrogen and oxygen atoms in total. The molecule has 1 saturated heterocycles. The Morgan fingerprint density at radius 2 is 1.97 bits per heavy atom. The third kappa shape index (κ3) is 3.75. The summed E-state index contributed by atoms with van der Waals surface area (Å²) in [5, 5.41) is 3.75. The van der Waals surface area contributed by atoms with Gasteiger partial charge in [-0.25, -0.2) is 13.4 Å². The molecule has 2 aromatic heterocycles. The Balaban J connectivity index is 1.66. The van der Waals surface area contributed by atoms with E-state index in [1.807, 2.05) is 30.5 Å². The minimum Gasteiger partial charge on any atom is -0.351 e. The van der Waals surface area contributed by atoms with Crippen LogP contribution in [-0.4, -0.2) is 46.0 Å². The molecule has 0 radical (unpaired) electrons. The molecule has 0 spiro atoms. The van der Waals surface area contributed by atoms with E-state index < -0.39 is 21.8 Å². The number of halogens is 1. The van der Waals surface area contributed by atoms with Gasteiger partial charge in [0.1, 0.15) is 12.9 Å². The Kier molecular flexibility index (Phi) is 5.19. The Morgan fingerprint density at radius 3 is 2.60 bits per heavy atom. The summed E-state index contributed by atoms with van der Waals surface area (Å²) >= 11 is 5.98. The van der Waals surface area contributed by atoms with Gasteiger partial charge in [-0.3, -0.25) is 18.7 Å². The molecular formula is C20H21ClN4O4S. The Morgan fingerprint density at radius 1 is 1.27 bits per heavy atom. The molecule has 1 aliphatic heterocycles. The van der Waals surface area contributed by atoms with Crippen molar-refractivity contribution >= 4 is 38.4 Å². The molecule has 1 N–H and O–H groups in total. The second kappa shape index (κ2) is 7.55. The standard InChI is InChI=1S/C20H21ClN4O4S/c1-12-13(2)25(16-5-3-14(21)4-6-16)19-18(12)20(27)24(11-22-19)9-17(26)23-15-7-8-30(28,29)10-15/h3-6,11,15H,7-10H2,1-2H3,(H,23,26). The largest absolute Gasteiger partial charge is 0.351 e. The Bertz CT molecular complexity index is 1310. The van der Waals surface area contributed by atoms with Gasteiger partial charge in [0.15, 0.2) is 15.5 Å². The summed E-state index contributed by atoms with van der Waals surface area (Å²) in [6, 6.07) is 6.83. The molecule has 1 fully saturated rings. The maximum absolute atomic E-state index is 13.1. The number of aryl methyl sites for hydroxylation is 1. The molecule has 1 atom stereocenters. The monoisotopic (exact) mass is 448 g/mol. The van der Waals surface area contributed by atoms with E-state index in [0.717, 1.165) is 16.9 Å². The van der Waals surface area contributed by atoms with Crippen molar-refractivity contribution in [2.45, 2.75) is 32.9 Å². The smallest absolute Gasteiger partial charge is 0.263 e. The van der Waals surface area contributed by atoms with Crippen molar-refractivity contribution in [3.8, 4) is 5.69 Å². The molecular weight excluding hydrogens is 428 g/mol. The number of benzene rings is 1. The molecule has 1 aromatic carbocycles. The van der Waals surface area contributed by atoms with Gasteiger partial charge < -0.3 is 5.32 Å². The van der Waals surface area contributed by atoms with Crippen molar-refractivity contribution in [2.24, 2.45) is 0 Å². The van der Waals surface area contributed by atoms with Crippen LogP contribution in [0.3, 0.4) is 0 Å². The first-order valence-corrected chi connectivity index (χ1v) is 11.7. The lowest BCUT2D eigenvalue weighted by atomic mass is 10.2. The summed E-state index contributed by atoms with van der Waals surface area (Å²) in [5.41, 5.74) is 2.68. The third-order valence-corrected chi connectivity index (χ3v) is 7.50. The predicted octanol–water partition coefficient (Wildman–Crippen LogP) is 1.76. The van der Waals surface area contributed by atoms with E-state index in [4.69, 9.17) is 11.6 Å². The van der Waals surface area contributed by atoms with Crippen LogP contribution in [0.4, 0.5) is 0 Å². The second-order valence-corrected chi connectivity index (χ2v) is 10.2. The van der Waals surface area contributed by atoms with E-state index in [1.165, 1.54) is 10.9 Å². The molecule has 10 heteroatoms. The number of aromatic nitrogens is 3. The van der Waals surface area contributed by atoms with Crippen LogP contribution < -0.4 is 10.9 Å². The number of carbonyl (C=O) groups is 1. The molecule has 3 aromatic rings. The van der Waals surface area contributed by atoms with Crippen molar-refractivity contribution in [3.63, 3.8) is 0 Å². The highest BCUT2D eigenvalue weighted by Gasteiger charge is 2.29. The quantitative estimate of drug-likeness (QED) is 0.655. The number of carbonyl (C=O) groups excluding carboxylic acids is 1. The Hall–Kier alpha value is -2.65. The highest BCUT2D eigenvalue weighted by Crippen LogP contribution is 2.25. The number of rotatable bonds is 4. The third-order valence-electron chi connectivity index (χ3n) is 5.48. The SMILES string of the molecule is Cc1c(C)n(-c2ccc(Cl)cc2)c2ncn(CC(=O)NC3CCS(=O)(=O)C3)c(=O)c12. The number of hydrogen-bond acceptors (Lipinski definition) is 5. The number of sulfone groups is 1. The summed E-state index contributed by atoms with van der Waals surface area (Å²) in [6.45, 7) is 3.53. The lowest BCUT2D eigenvalue weighted by Gasteiger charge is -2.12.